The second kappa shape index (κ2) is 8.15. The molecule has 2 rings (SSSR count). The van der Waals surface area contributed by atoms with Gasteiger partial charge in [-0.05, 0) is 32.9 Å². The molecule has 0 fully saturated rings. The van der Waals surface area contributed by atoms with Gasteiger partial charge in [-0.3, -0.25) is 9.48 Å². The van der Waals surface area contributed by atoms with Gasteiger partial charge in [-0.15, -0.1) is 0 Å². The molecule has 1 heterocycles. The molecular formula is C16H18ClF2N3O3. The summed E-state index contributed by atoms with van der Waals surface area (Å²) in [5, 5.41) is 7.35. The third-order valence-electron chi connectivity index (χ3n) is 3.33. The number of halogens is 3. The second-order valence-electron chi connectivity index (χ2n) is 5.16. The number of carbonyl (C=O) groups is 1. The summed E-state index contributed by atoms with van der Waals surface area (Å²) in [6.07, 6.45) is 0. The van der Waals surface area contributed by atoms with Crippen LogP contribution in [0.3, 0.4) is 0 Å². The van der Waals surface area contributed by atoms with Crippen LogP contribution in [-0.4, -0.2) is 28.9 Å². The summed E-state index contributed by atoms with van der Waals surface area (Å²) in [7, 11) is 0. The predicted octanol–water partition coefficient (Wildman–Crippen LogP) is 3.79. The average Bonchev–Trinajstić information content (AvgIpc) is 2.77. The van der Waals surface area contributed by atoms with Gasteiger partial charge in [0.15, 0.2) is 11.5 Å². The van der Waals surface area contributed by atoms with E-state index >= 15 is 0 Å². The highest BCUT2D eigenvalue weighted by Crippen LogP contribution is 2.31. The van der Waals surface area contributed by atoms with Gasteiger partial charge in [0.05, 0.1) is 23.0 Å². The second-order valence-corrected chi connectivity index (χ2v) is 5.54. The van der Waals surface area contributed by atoms with E-state index in [1.807, 2.05) is 0 Å². The molecule has 0 aliphatic carbocycles. The Morgan fingerprint density at radius 2 is 2.08 bits per heavy atom. The lowest BCUT2D eigenvalue weighted by atomic mass is 10.2. The van der Waals surface area contributed by atoms with Crippen molar-refractivity contribution in [3.8, 4) is 11.5 Å². The van der Waals surface area contributed by atoms with Crippen molar-refractivity contribution >= 4 is 23.2 Å². The minimum atomic E-state index is -2.96. The first-order valence-corrected chi connectivity index (χ1v) is 7.90. The van der Waals surface area contributed by atoms with E-state index in [-0.39, 0.29) is 30.6 Å². The number of ether oxygens (including phenoxy) is 2. The van der Waals surface area contributed by atoms with Crippen LogP contribution >= 0.6 is 11.6 Å². The lowest BCUT2D eigenvalue weighted by Gasteiger charge is -2.13. The van der Waals surface area contributed by atoms with Crippen molar-refractivity contribution < 1.29 is 23.0 Å². The molecule has 2 aromatic rings. The van der Waals surface area contributed by atoms with Crippen molar-refractivity contribution in [1.29, 1.82) is 0 Å². The number of aromatic nitrogens is 2. The van der Waals surface area contributed by atoms with Gasteiger partial charge in [0.2, 0.25) is 5.91 Å². The van der Waals surface area contributed by atoms with Gasteiger partial charge in [-0.25, -0.2) is 0 Å². The Morgan fingerprint density at radius 1 is 1.36 bits per heavy atom. The Kier molecular flexibility index (Phi) is 6.19. The maximum absolute atomic E-state index is 12.4. The molecule has 1 aromatic carbocycles. The van der Waals surface area contributed by atoms with Crippen LogP contribution in [0.1, 0.15) is 18.3 Å². The fourth-order valence-corrected chi connectivity index (χ4v) is 2.35. The molecule has 0 spiro atoms. The molecule has 9 heteroatoms. The van der Waals surface area contributed by atoms with Gasteiger partial charge >= 0.3 is 6.61 Å². The number of hydrogen-bond acceptors (Lipinski definition) is 4. The van der Waals surface area contributed by atoms with Crippen molar-refractivity contribution in [2.24, 2.45) is 0 Å². The number of anilines is 1. The maximum Gasteiger partial charge on any atom is 0.387 e. The van der Waals surface area contributed by atoms with Gasteiger partial charge in [0.1, 0.15) is 6.54 Å². The van der Waals surface area contributed by atoms with Crippen molar-refractivity contribution in [3.63, 3.8) is 0 Å². The Labute approximate surface area is 148 Å². The minimum Gasteiger partial charge on any atom is -0.490 e. The topological polar surface area (TPSA) is 65.4 Å². The molecule has 1 amide bonds. The lowest BCUT2D eigenvalue weighted by molar-refractivity contribution is -0.116. The highest BCUT2D eigenvalue weighted by Gasteiger charge is 2.15. The first-order chi connectivity index (χ1) is 11.8. The van der Waals surface area contributed by atoms with Crippen molar-refractivity contribution in [2.45, 2.75) is 33.9 Å². The average molecular weight is 374 g/mol. The molecule has 0 aliphatic rings. The minimum absolute atomic E-state index is 0.0291. The Morgan fingerprint density at radius 3 is 2.64 bits per heavy atom. The maximum atomic E-state index is 12.4. The predicted molar refractivity (Wildman–Crippen MR) is 89.6 cm³/mol. The summed E-state index contributed by atoms with van der Waals surface area (Å²) >= 11 is 6.05. The highest BCUT2D eigenvalue weighted by molar-refractivity contribution is 6.31. The zero-order valence-electron chi connectivity index (χ0n) is 14.0. The molecule has 6 nitrogen and oxygen atoms in total. The summed E-state index contributed by atoms with van der Waals surface area (Å²) in [5.41, 5.74) is 1.71. The van der Waals surface area contributed by atoms with Gasteiger partial charge in [0.25, 0.3) is 0 Å². The molecule has 0 atom stereocenters. The SMILES string of the molecule is CCOc1cc(NC(=O)Cn2nc(C)c(Cl)c2C)ccc1OC(F)F. The number of aryl methyl sites for hydroxylation is 1. The number of benzene rings is 1. The van der Waals surface area contributed by atoms with E-state index in [1.165, 1.54) is 22.9 Å². The van der Waals surface area contributed by atoms with E-state index in [1.54, 1.807) is 20.8 Å². The summed E-state index contributed by atoms with van der Waals surface area (Å²) in [6.45, 7) is 2.50. The summed E-state index contributed by atoms with van der Waals surface area (Å²) in [4.78, 5) is 12.2. The molecule has 0 unspecified atom stereocenters. The highest BCUT2D eigenvalue weighted by atomic mass is 35.5. The number of rotatable bonds is 7. The Balaban J connectivity index is 2.11. The number of alkyl halides is 2. The normalized spacial score (nSPS) is 10.8. The number of hydrogen-bond donors (Lipinski definition) is 1. The van der Waals surface area contributed by atoms with Gasteiger partial charge < -0.3 is 14.8 Å². The molecule has 136 valence electrons. The van der Waals surface area contributed by atoms with Crippen LogP contribution in [-0.2, 0) is 11.3 Å². The largest absolute Gasteiger partial charge is 0.490 e. The van der Waals surface area contributed by atoms with Crippen LogP contribution < -0.4 is 14.8 Å². The standard InChI is InChI=1S/C16H18ClF2N3O3/c1-4-24-13-7-11(5-6-12(13)25-16(18)19)20-14(23)8-22-10(3)15(17)9(2)21-22/h5-7,16H,4,8H2,1-3H3,(H,20,23). The van der Waals surface area contributed by atoms with Gasteiger partial charge in [-0.2, -0.15) is 13.9 Å². The first kappa shape index (κ1) is 19.0. The molecule has 1 aromatic heterocycles. The summed E-state index contributed by atoms with van der Waals surface area (Å²) in [5.74, 6) is -0.317. The number of carbonyl (C=O) groups excluding carboxylic acids is 1. The molecule has 0 bridgehead atoms. The van der Waals surface area contributed by atoms with E-state index in [2.05, 4.69) is 15.2 Å². The Bertz CT molecular complexity index is 765. The smallest absolute Gasteiger partial charge is 0.387 e. The summed E-state index contributed by atoms with van der Waals surface area (Å²) in [6, 6.07) is 4.19. The first-order valence-electron chi connectivity index (χ1n) is 7.52. The molecule has 1 N–H and O–H groups in total. The fourth-order valence-electron chi connectivity index (χ4n) is 2.21. The third kappa shape index (κ3) is 4.82. The molecule has 25 heavy (non-hydrogen) atoms. The number of amides is 1. The van der Waals surface area contributed by atoms with E-state index in [4.69, 9.17) is 16.3 Å². The quantitative estimate of drug-likeness (QED) is 0.801. The van der Waals surface area contributed by atoms with Crippen LogP contribution in [0.5, 0.6) is 11.5 Å². The monoisotopic (exact) mass is 373 g/mol. The van der Waals surface area contributed by atoms with Gasteiger partial charge in [0, 0.05) is 11.8 Å². The number of nitrogens with zero attached hydrogens (tertiary/aromatic N) is 2. The van der Waals surface area contributed by atoms with Crippen LogP contribution in [0, 0.1) is 13.8 Å². The molecule has 0 aliphatic heterocycles. The molecule has 0 radical (unpaired) electrons. The van der Waals surface area contributed by atoms with Crippen molar-refractivity contribution in [1.82, 2.24) is 9.78 Å². The van der Waals surface area contributed by atoms with Crippen molar-refractivity contribution in [2.75, 3.05) is 11.9 Å². The van der Waals surface area contributed by atoms with Crippen LogP contribution in [0.4, 0.5) is 14.5 Å². The molecular weight excluding hydrogens is 356 g/mol. The fraction of sp³-hybridized carbons (Fsp3) is 0.375. The van der Waals surface area contributed by atoms with E-state index in [0.717, 1.165) is 0 Å². The van der Waals surface area contributed by atoms with Gasteiger partial charge in [-0.1, -0.05) is 11.6 Å². The van der Waals surface area contributed by atoms with Crippen molar-refractivity contribution in [3.05, 3.63) is 34.6 Å². The lowest BCUT2D eigenvalue weighted by Crippen LogP contribution is -2.20. The van der Waals surface area contributed by atoms with Crippen LogP contribution in [0.2, 0.25) is 5.02 Å². The van der Waals surface area contributed by atoms with E-state index < -0.39 is 6.61 Å². The van der Waals surface area contributed by atoms with E-state index in [0.29, 0.717) is 22.1 Å². The van der Waals surface area contributed by atoms with Crippen LogP contribution in [0.15, 0.2) is 18.2 Å². The Hall–Kier alpha value is -2.35. The van der Waals surface area contributed by atoms with Crippen LogP contribution in [0.25, 0.3) is 0 Å². The zero-order chi connectivity index (χ0) is 18.6. The molecule has 0 saturated carbocycles. The zero-order valence-corrected chi connectivity index (χ0v) is 14.7. The molecule has 0 saturated heterocycles. The van der Waals surface area contributed by atoms with E-state index in [9.17, 15) is 13.6 Å². The number of nitrogens with one attached hydrogen (secondary N) is 1. The summed E-state index contributed by atoms with van der Waals surface area (Å²) < 4.78 is 35.9. The third-order valence-corrected chi connectivity index (χ3v) is 3.88.